The molecule has 0 radical (unpaired) electrons. The van der Waals surface area contributed by atoms with Gasteiger partial charge in [-0.05, 0) is 49.2 Å². The number of piperazine rings is 1. The molecule has 0 saturated carbocycles. The third-order valence-electron chi connectivity index (χ3n) is 5.59. The number of nitrogen functional groups attached to an aromatic ring is 1. The number of hydrogen-bond donors (Lipinski definition) is 1. The van der Waals surface area contributed by atoms with Gasteiger partial charge in [-0.3, -0.25) is 9.88 Å². The van der Waals surface area contributed by atoms with Crippen LogP contribution in [0, 0.1) is 6.92 Å². The van der Waals surface area contributed by atoms with E-state index in [4.69, 9.17) is 10.5 Å². The van der Waals surface area contributed by atoms with Gasteiger partial charge in [-0.2, -0.15) is 0 Å². The lowest BCUT2D eigenvalue weighted by Gasteiger charge is -2.36. The number of hydrogen-bond acceptors (Lipinski definition) is 5. The number of nitrogens with zero attached hydrogens (tertiary/aromatic N) is 3. The van der Waals surface area contributed by atoms with Gasteiger partial charge in [-0.1, -0.05) is 18.2 Å². The number of nitrogens with two attached hydrogens (primary N) is 1. The number of benzene rings is 2. The number of pyridine rings is 1. The zero-order valence-electron chi connectivity index (χ0n) is 16.7. The molecule has 2 aromatic carbocycles. The molecule has 2 heterocycles. The Morgan fingerprint density at radius 1 is 1.00 bits per heavy atom. The molecule has 1 aromatic heterocycles. The Bertz CT molecular complexity index is 964. The van der Waals surface area contributed by atoms with E-state index < -0.39 is 0 Å². The molecule has 1 aliphatic heterocycles. The quantitative estimate of drug-likeness (QED) is 0.691. The predicted octanol–water partition coefficient (Wildman–Crippen LogP) is 3.50. The third kappa shape index (κ3) is 3.76. The second kappa shape index (κ2) is 8.07. The summed E-state index contributed by atoms with van der Waals surface area (Å²) < 4.78 is 5.48. The van der Waals surface area contributed by atoms with Gasteiger partial charge in [0.2, 0.25) is 0 Å². The molecular weight excluding hydrogens is 348 g/mol. The van der Waals surface area contributed by atoms with E-state index in [1.54, 1.807) is 7.11 Å². The Hall–Kier alpha value is -2.79. The molecule has 5 nitrogen and oxygen atoms in total. The smallest absolute Gasteiger partial charge is 0.144 e. The first kappa shape index (κ1) is 18.6. The number of ether oxygens (including phenoxy) is 1. The Morgan fingerprint density at radius 3 is 2.57 bits per heavy atom. The Balaban J connectivity index is 1.40. The molecule has 3 aromatic rings. The number of fused-ring (bicyclic) bond motifs is 1. The van der Waals surface area contributed by atoms with Gasteiger partial charge in [0.05, 0.1) is 18.3 Å². The zero-order chi connectivity index (χ0) is 19.5. The van der Waals surface area contributed by atoms with Crippen LogP contribution in [0.25, 0.3) is 10.9 Å². The van der Waals surface area contributed by atoms with Crippen molar-refractivity contribution in [2.75, 3.05) is 50.5 Å². The fourth-order valence-electron chi connectivity index (χ4n) is 4.06. The average molecular weight is 377 g/mol. The topological polar surface area (TPSA) is 54.6 Å². The minimum atomic E-state index is 0.713. The summed E-state index contributed by atoms with van der Waals surface area (Å²) in [6.07, 6.45) is 0.950. The second-order valence-electron chi connectivity index (χ2n) is 7.41. The van der Waals surface area contributed by atoms with Crippen molar-refractivity contribution in [1.29, 1.82) is 0 Å². The lowest BCUT2D eigenvalue weighted by molar-refractivity contribution is 0.260. The molecule has 0 unspecified atom stereocenters. The van der Waals surface area contributed by atoms with Crippen LogP contribution in [-0.4, -0.2) is 49.7 Å². The Kier molecular flexibility index (Phi) is 5.35. The highest BCUT2D eigenvalue weighted by Gasteiger charge is 2.19. The van der Waals surface area contributed by atoms with E-state index in [1.165, 1.54) is 16.6 Å². The van der Waals surface area contributed by atoms with Crippen molar-refractivity contribution < 1.29 is 4.74 Å². The first-order valence-corrected chi connectivity index (χ1v) is 9.91. The number of anilines is 2. The number of aromatic nitrogens is 1. The lowest BCUT2D eigenvalue weighted by atomic mass is 10.1. The van der Waals surface area contributed by atoms with Crippen LogP contribution in [-0.2, 0) is 6.42 Å². The highest BCUT2D eigenvalue weighted by molar-refractivity contribution is 5.92. The van der Waals surface area contributed by atoms with E-state index in [0.29, 0.717) is 5.69 Å². The molecule has 2 N–H and O–H groups in total. The zero-order valence-corrected chi connectivity index (χ0v) is 16.7. The molecule has 0 atom stereocenters. The summed E-state index contributed by atoms with van der Waals surface area (Å²) in [4.78, 5) is 9.68. The Morgan fingerprint density at radius 2 is 1.79 bits per heavy atom. The number of para-hydroxylation sites is 1. The summed E-state index contributed by atoms with van der Waals surface area (Å²) in [5.74, 6) is 0.819. The van der Waals surface area contributed by atoms with E-state index in [1.807, 2.05) is 19.1 Å². The molecule has 1 aliphatic rings. The maximum absolute atomic E-state index is 6.03. The van der Waals surface area contributed by atoms with E-state index >= 15 is 0 Å². The highest BCUT2D eigenvalue weighted by atomic mass is 16.5. The van der Waals surface area contributed by atoms with Crippen molar-refractivity contribution >= 4 is 22.3 Å². The van der Waals surface area contributed by atoms with E-state index in [0.717, 1.165) is 56.1 Å². The van der Waals surface area contributed by atoms with E-state index in [-0.39, 0.29) is 0 Å². The molecular formula is C23H28N4O. The fourth-order valence-corrected chi connectivity index (χ4v) is 4.06. The number of aryl methyl sites for hydroxylation is 1. The summed E-state index contributed by atoms with van der Waals surface area (Å²) in [6, 6.07) is 16.7. The summed E-state index contributed by atoms with van der Waals surface area (Å²) in [7, 11) is 1.69. The fraction of sp³-hybridized carbons (Fsp3) is 0.348. The van der Waals surface area contributed by atoms with Crippen LogP contribution in [0.5, 0.6) is 5.75 Å². The summed E-state index contributed by atoms with van der Waals surface area (Å²) in [5, 5.41) is 1.24. The van der Waals surface area contributed by atoms with Gasteiger partial charge in [0.15, 0.2) is 0 Å². The van der Waals surface area contributed by atoms with Crippen LogP contribution in [0.4, 0.5) is 11.4 Å². The van der Waals surface area contributed by atoms with Crippen LogP contribution in [0.2, 0.25) is 0 Å². The van der Waals surface area contributed by atoms with Crippen molar-refractivity contribution in [2.24, 2.45) is 0 Å². The minimum Gasteiger partial charge on any atom is -0.494 e. The van der Waals surface area contributed by atoms with Crippen LogP contribution >= 0.6 is 0 Å². The van der Waals surface area contributed by atoms with Gasteiger partial charge in [0.25, 0.3) is 0 Å². The van der Waals surface area contributed by atoms with Crippen molar-refractivity contribution in [1.82, 2.24) is 9.88 Å². The first-order valence-electron chi connectivity index (χ1n) is 9.91. The van der Waals surface area contributed by atoms with Crippen molar-refractivity contribution in [3.63, 3.8) is 0 Å². The monoisotopic (exact) mass is 376 g/mol. The maximum atomic E-state index is 6.03. The number of rotatable bonds is 5. The normalized spacial score (nSPS) is 15.1. The number of methoxy groups -OCH3 is 1. The van der Waals surface area contributed by atoms with Gasteiger partial charge < -0.3 is 15.4 Å². The molecule has 1 saturated heterocycles. The third-order valence-corrected chi connectivity index (χ3v) is 5.59. The Labute approximate surface area is 166 Å². The molecule has 0 aliphatic carbocycles. The minimum absolute atomic E-state index is 0.713. The summed E-state index contributed by atoms with van der Waals surface area (Å²) >= 11 is 0. The lowest BCUT2D eigenvalue weighted by Crippen LogP contribution is -2.47. The predicted molar refractivity (Wildman–Crippen MR) is 116 cm³/mol. The van der Waals surface area contributed by atoms with Crippen LogP contribution in [0.3, 0.4) is 0 Å². The molecule has 0 amide bonds. The molecule has 1 fully saturated rings. The molecule has 5 heteroatoms. The second-order valence-corrected chi connectivity index (χ2v) is 7.41. The van der Waals surface area contributed by atoms with Gasteiger partial charge in [-0.25, -0.2) is 0 Å². The SMILES string of the molecule is COc1c(N)cccc1CCN1CCN(c2cccc3nc(C)ccc23)CC1. The van der Waals surface area contributed by atoms with Crippen LogP contribution < -0.4 is 15.4 Å². The maximum Gasteiger partial charge on any atom is 0.144 e. The van der Waals surface area contributed by atoms with Gasteiger partial charge in [0.1, 0.15) is 5.75 Å². The van der Waals surface area contributed by atoms with Gasteiger partial charge in [-0.15, -0.1) is 0 Å². The first-order chi connectivity index (χ1) is 13.7. The van der Waals surface area contributed by atoms with Crippen LogP contribution in [0.1, 0.15) is 11.3 Å². The molecule has 4 rings (SSSR count). The summed E-state index contributed by atoms with van der Waals surface area (Å²) in [5.41, 5.74) is 11.4. The molecule has 146 valence electrons. The van der Waals surface area contributed by atoms with Crippen molar-refractivity contribution in [3.8, 4) is 5.75 Å². The summed E-state index contributed by atoms with van der Waals surface area (Å²) in [6.45, 7) is 7.23. The van der Waals surface area contributed by atoms with E-state index in [2.05, 4.69) is 51.2 Å². The average Bonchev–Trinajstić information content (AvgIpc) is 2.72. The van der Waals surface area contributed by atoms with Gasteiger partial charge >= 0.3 is 0 Å². The molecule has 28 heavy (non-hydrogen) atoms. The largest absolute Gasteiger partial charge is 0.494 e. The van der Waals surface area contributed by atoms with Crippen LogP contribution in [0.15, 0.2) is 48.5 Å². The standard InChI is InChI=1S/C23H28N4O/c1-17-9-10-19-21(25-17)7-4-8-22(19)27-15-13-26(14-16-27)12-11-18-5-3-6-20(24)23(18)28-2/h3-10H,11-16,24H2,1-2H3. The van der Waals surface area contributed by atoms with Crippen molar-refractivity contribution in [2.45, 2.75) is 13.3 Å². The molecule has 0 bridgehead atoms. The van der Waals surface area contributed by atoms with Crippen molar-refractivity contribution in [3.05, 3.63) is 59.8 Å². The van der Waals surface area contributed by atoms with E-state index in [9.17, 15) is 0 Å². The molecule has 0 spiro atoms. The highest BCUT2D eigenvalue weighted by Crippen LogP contribution is 2.28. The van der Waals surface area contributed by atoms with Gasteiger partial charge in [0, 0.05) is 49.5 Å².